The molecule has 0 bridgehead atoms. The molecule has 0 N–H and O–H groups in total. The summed E-state index contributed by atoms with van der Waals surface area (Å²) < 4.78 is 0. The Bertz CT molecular complexity index is 536. The summed E-state index contributed by atoms with van der Waals surface area (Å²) in [5.41, 5.74) is 1.48. The molecule has 0 unspecified atom stereocenters. The van der Waals surface area contributed by atoms with Gasteiger partial charge < -0.3 is 0 Å². The Morgan fingerprint density at radius 2 is 1.60 bits per heavy atom. The second-order valence-corrected chi connectivity index (χ2v) is 5.51. The number of fused-ring (bicyclic) bond motifs is 1. The van der Waals surface area contributed by atoms with Gasteiger partial charge in [-0.3, -0.25) is 0 Å². The van der Waals surface area contributed by atoms with Gasteiger partial charge in [-0.2, -0.15) is 0 Å². The summed E-state index contributed by atoms with van der Waals surface area (Å²) >= 11 is 0. The van der Waals surface area contributed by atoms with Crippen LogP contribution >= 0.6 is 0 Å². The smallest absolute Gasteiger partial charge is 0.0181 e. The van der Waals surface area contributed by atoms with Crippen LogP contribution in [-0.2, 0) is 6.42 Å². The SMILES string of the molecule is CC/C=C/CCCCCCc1ccc2ccccc2c1. The van der Waals surface area contributed by atoms with Crippen LogP contribution in [0.1, 0.15) is 51.0 Å². The monoisotopic (exact) mass is 266 g/mol. The molecular weight excluding hydrogens is 240 g/mol. The van der Waals surface area contributed by atoms with Gasteiger partial charge in [0.15, 0.2) is 0 Å². The minimum atomic E-state index is 1.17. The molecule has 0 nitrogen and oxygen atoms in total. The zero-order valence-corrected chi connectivity index (χ0v) is 12.6. The van der Waals surface area contributed by atoms with Crippen molar-refractivity contribution in [3.63, 3.8) is 0 Å². The molecule has 2 rings (SSSR count). The van der Waals surface area contributed by atoms with Gasteiger partial charge in [0.1, 0.15) is 0 Å². The van der Waals surface area contributed by atoms with Crippen molar-refractivity contribution in [2.45, 2.75) is 51.9 Å². The maximum absolute atomic E-state index is 2.35. The summed E-state index contributed by atoms with van der Waals surface area (Å²) in [6.07, 6.45) is 13.6. The second kappa shape index (κ2) is 8.58. The van der Waals surface area contributed by atoms with Crippen LogP contribution in [0, 0.1) is 0 Å². The van der Waals surface area contributed by atoms with Crippen LogP contribution in [0.5, 0.6) is 0 Å². The number of allylic oxidation sites excluding steroid dienone is 2. The zero-order chi connectivity index (χ0) is 14.0. The van der Waals surface area contributed by atoms with E-state index in [2.05, 4.69) is 61.5 Å². The lowest BCUT2D eigenvalue weighted by molar-refractivity contribution is 0.646. The Kier molecular flexibility index (Phi) is 6.37. The fraction of sp³-hybridized carbons (Fsp3) is 0.400. The molecule has 106 valence electrons. The first kappa shape index (κ1) is 14.8. The van der Waals surface area contributed by atoms with Crippen LogP contribution < -0.4 is 0 Å². The van der Waals surface area contributed by atoms with E-state index < -0.39 is 0 Å². The normalized spacial score (nSPS) is 11.4. The van der Waals surface area contributed by atoms with Gasteiger partial charge in [0.2, 0.25) is 0 Å². The van der Waals surface area contributed by atoms with Gasteiger partial charge in [0, 0.05) is 0 Å². The molecule has 0 heteroatoms. The molecule has 2 aromatic carbocycles. The fourth-order valence-corrected chi connectivity index (χ4v) is 2.62. The molecule has 0 radical (unpaired) electrons. The highest BCUT2D eigenvalue weighted by Crippen LogP contribution is 2.17. The molecule has 0 amide bonds. The first-order valence-corrected chi connectivity index (χ1v) is 8.03. The summed E-state index contributed by atoms with van der Waals surface area (Å²) in [4.78, 5) is 0. The Morgan fingerprint density at radius 3 is 2.45 bits per heavy atom. The van der Waals surface area contributed by atoms with Crippen LogP contribution in [-0.4, -0.2) is 0 Å². The van der Waals surface area contributed by atoms with Crippen molar-refractivity contribution in [3.05, 3.63) is 60.2 Å². The van der Waals surface area contributed by atoms with E-state index in [0.29, 0.717) is 0 Å². The van der Waals surface area contributed by atoms with Crippen LogP contribution in [0.2, 0.25) is 0 Å². The fourth-order valence-electron chi connectivity index (χ4n) is 2.62. The quantitative estimate of drug-likeness (QED) is 0.388. The van der Waals surface area contributed by atoms with Crippen LogP contribution in [0.4, 0.5) is 0 Å². The largest absolute Gasteiger partial charge is 0.0888 e. The third kappa shape index (κ3) is 4.85. The average Bonchev–Trinajstić information content (AvgIpc) is 2.50. The van der Waals surface area contributed by atoms with Gasteiger partial charge in [0.05, 0.1) is 0 Å². The standard InChI is InChI=1S/C20H26/c1-2-3-4-5-6-7-8-9-12-18-15-16-19-13-10-11-14-20(19)17-18/h3-4,10-11,13-17H,2,5-9,12H2,1H3/b4-3+. The van der Waals surface area contributed by atoms with Gasteiger partial charge in [-0.15, -0.1) is 0 Å². The van der Waals surface area contributed by atoms with Gasteiger partial charge in [-0.1, -0.05) is 74.4 Å². The van der Waals surface area contributed by atoms with Crippen LogP contribution in [0.25, 0.3) is 10.8 Å². The number of rotatable bonds is 8. The van der Waals surface area contributed by atoms with Crippen molar-refractivity contribution < 1.29 is 0 Å². The molecule has 2 aromatic rings. The topological polar surface area (TPSA) is 0 Å². The summed E-state index contributed by atoms with van der Waals surface area (Å²) in [6, 6.07) is 15.5. The van der Waals surface area contributed by atoms with Crippen LogP contribution in [0.3, 0.4) is 0 Å². The molecule has 0 atom stereocenters. The van der Waals surface area contributed by atoms with Crippen molar-refractivity contribution in [2.24, 2.45) is 0 Å². The molecule has 0 saturated carbocycles. The lowest BCUT2D eigenvalue weighted by Gasteiger charge is -2.04. The number of hydrogen-bond acceptors (Lipinski definition) is 0. The van der Waals surface area contributed by atoms with Gasteiger partial charge in [-0.05, 0) is 48.4 Å². The molecular formula is C20H26. The highest BCUT2D eigenvalue weighted by atomic mass is 14.0. The molecule has 0 aliphatic rings. The summed E-state index contributed by atoms with van der Waals surface area (Å²) in [5, 5.41) is 2.72. The highest BCUT2D eigenvalue weighted by Gasteiger charge is 1.96. The van der Waals surface area contributed by atoms with Gasteiger partial charge in [-0.25, -0.2) is 0 Å². The minimum absolute atomic E-state index is 1.17. The van der Waals surface area contributed by atoms with E-state index in [4.69, 9.17) is 0 Å². The van der Waals surface area contributed by atoms with Gasteiger partial charge in [0.25, 0.3) is 0 Å². The van der Waals surface area contributed by atoms with E-state index in [-0.39, 0.29) is 0 Å². The first-order valence-electron chi connectivity index (χ1n) is 8.03. The van der Waals surface area contributed by atoms with Crippen molar-refractivity contribution in [1.82, 2.24) is 0 Å². The Labute approximate surface area is 123 Å². The van der Waals surface area contributed by atoms with Gasteiger partial charge >= 0.3 is 0 Å². The zero-order valence-electron chi connectivity index (χ0n) is 12.6. The predicted octanol–water partition coefficient (Wildman–Crippen LogP) is 6.30. The summed E-state index contributed by atoms with van der Waals surface area (Å²) in [5.74, 6) is 0. The second-order valence-electron chi connectivity index (χ2n) is 5.51. The molecule has 20 heavy (non-hydrogen) atoms. The van der Waals surface area contributed by atoms with E-state index in [1.54, 1.807) is 0 Å². The summed E-state index contributed by atoms with van der Waals surface area (Å²) in [7, 11) is 0. The number of benzene rings is 2. The third-order valence-corrected chi connectivity index (χ3v) is 3.80. The Hall–Kier alpha value is -1.56. The Balaban J connectivity index is 1.69. The van der Waals surface area contributed by atoms with E-state index in [1.165, 1.54) is 61.3 Å². The number of aryl methyl sites for hydroxylation is 1. The lowest BCUT2D eigenvalue weighted by atomic mass is 10.0. The predicted molar refractivity (Wildman–Crippen MR) is 90.2 cm³/mol. The molecule has 0 fully saturated rings. The maximum atomic E-state index is 2.35. The van der Waals surface area contributed by atoms with E-state index in [9.17, 15) is 0 Å². The Morgan fingerprint density at radius 1 is 0.800 bits per heavy atom. The molecule has 0 saturated heterocycles. The molecule has 0 heterocycles. The molecule has 0 spiro atoms. The number of hydrogen-bond donors (Lipinski definition) is 0. The van der Waals surface area contributed by atoms with E-state index in [0.717, 1.165) is 0 Å². The van der Waals surface area contributed by atoms with Crippen molar-refractivity contribution in [2.75, 3.05) is 0 Å². The van der Waals surface area contributed by atoms with Crippen molar-refractivity contribution >= 4 is 10.8 Å². The molecule has 0 aliphatic carbocycles. The first-order chi connectivity index (χ1) is 9.90. The van der Waals surface area contributed by atoms with Crippen molar-refractivity contribution in [1.29, 1.82) is 0 Å². The minimum Gasteiger partial charge on any atom is -0.0888 e. The third-order valence-electron chi connectivity index (χ3n) is 3.80. The maximum Gasteiger partial charge on any atom is -0.0181 e. The summed E-state index contributed by atoms with van der Waals surface area (Å²) in [6.45, 7) is 2.19. The average molecular weight is 266 g/mol. The molecule has 0 aliphatic heterocycles. The lowest BCUT2D eigenvalue weighted by Crippen LogP contribution is -1.86. The van der Waals surface area contributed by atoms with Crippen LogP contribution in [0.15, 0.2) is 54.6 Å². The number of unbranched alkanes of at least 4 members (excludes halogenated alkanes) is 4. The highest BCUT2D eigenvalue weighted by molar-refractivity contribution is 5.82. The van der Waals surface area contributed by atoms with Crippen molar-refractivity contribution in [3.8, 4) is 0 Å². The van der Waals surface area contributed by atoms with E-state index >= 15 is 0 Å². The van der Waals surface area contributed by atoms with E-state index in [1.807, 2.05) is 0 Å². The molecule has 0 aromatic heterocycles.